The number of likely N-dealkylation sites (N-methyl/N-ethyl adjacent to an activating group) is 1. The summed E-state index contributed by atoms with van der Waals surface area (Å²) in [5.74, 6) is 0. The van der Waals surface area contributed by atoms with Crippen LogP contribution in [-0.4, -0.2) is 174 Å². The highest BCUT2D eigenvalue weighted by molar-refractivity contribution is 7.86. The molecule has 16 heteroatoms. The Balaban J connectivity index is 1.67. The monoisotopic (exact) mass is 713 g/mol. The molecule has 282 valence electrons. The number of rotatable bonds is 38. The molecule has 0 spiro atoms. The summed E-state index contributed by atoms with van der Waals surface area (Å²) < 4.78 is 88.9. The van der Waals surface area contributed by atoms with Gasteiger partial charge in [0.25, 0.3) is 10.1 Å². The summed E-state index contributed by atoms with van der Waals surface area (Å²) in [6.45, 7) is 13.2. The molecule has 0 fully saturated rings. The molecule has 0 aromatic heterocycles. The number of aryl methyl sites for hydroxylation is 1. The van der Waals surface area contributed by atoms with E-state index in [-0.39, 0.29) is 18.1 Å². The van der Waals surface area contributed by atoms with Crippen LogP contribution in [0.25, 0.3) is 0 Å². The van der Waals surface area contributed by atoms with E-state index in [1.807, 2.05) is 14.0 Å². The van der Waals surface area contributed by atoms with Gasteiger partial charge in [-0.2, -0.15) is 8.42 Å². The van der Waals surface area contributed by atoms with Gasteiger partial charge in [-0.15, -0.1) is 0 Å². The quantitative estimate of drug-likeness (QED) is 0.0767. The average Bonchev–Trinajstić information content (AvgIpc) is 3.08. The lowest BCUT2D eigenvalue weighted by atomic mass is 10.2. The van der Waals surface area contributed by atoms with Crippen LogP contribution in [0.4, 0.5) is 0 Å². The van der Waals surface area contributed by atoms with E-state index in [0.29, 0.717) is 139 Å². The third-order valence-electron chi connectivity index (χ3n) is 5.99. The minimum Gasteiger partial charge on any atom is -0.378 e. The van der Waals surface area contributed by atoms with E-state index in [9.17, 15) is 8.42 Å². The Morgan fingerprint density at radius 2 is 0.667 bits per heavy atom. The molecule has 48 heavy (non-hydrogen) atoms. The predicted octanol–water partition coefficient (Wildman–Crippen LogP) is 1.10. The van der Waals surface area contributed by atoms with Crippen molar-refractivity contribution in [2.45, 2.75) is 11.8 Å². The highest BCUT2D eigenvalue weighted by Gasteiger charge is 2.14. The number of nitrogens with one attached hydrogen (secondary N) is 1. The second-order valence-electron chi connectivity index (χ2n) is 9.93. The number of ether oxygens (including phenoxy) is 11. The molecule has 0 saturated carbocycles. The molecule has 0 radical (unpaired) electrons. The molecule has 15 nitrogen and oxygen atoms in total. The molecule has 1 aromatic carbocycles. The van der Waals surface area contributed by atoms with Crippen molar-refractivity contribution < 1.29 is 64.7 Å². The molecule has 0 aliphatic heterocycles. The third-order valence-corrected chi connectivity index (χ3v) is 7.32. The Kier molecular flexibility index (Phi) is 31.7. The zero-order chi connectivity index (χ0) is 34.6. The van der Waals surface area contributed by atoms with Gasteiger partial charge < -0.3 is 57.4 Å². The highest BCUT2D eigenvalue weighted by atomic mass is 32.2. The standard InChI is InChI=1S/C32H59NO14S/c1-31-3-5-32(6-4-31)48(34,35)47-30-29-46-28-27-45-26-25-44-24-23-43-22-21-42-20-19-41-18-17-40-16-15-39-14-13-38-12-11-37-10-9-36-8-7-33-2/h3-6,33H,7-30H2,1-2H3. The summed E-state index contributed by atoms with van der Waals surface area (Å²) in [4.78, 5) is 0.128. The van der Waals surface area contributed by atoms with Crippen molar-refractivity contribution in [2.75, 3.05) is 166 Å². The topological polar surface area (TPSA) is 157 Å². The smallest absolute Gasteiger partial charge is 0.297 e. The van der Waals surface area contributed by atoms with Gasteiger partial charge in [-0.3, -0.25) is 4.18 Å². The summed E-state index contributed by atoms with van der Waals surface area (Å²) in [6, 6.07) is 6.48. The summed E-state index contributed by atoms with van der Waals surface area (Å²) >= 11 is 0. The number of hydrogen-bond donors (Lipinski definition) is 1. The molecule has 1 N–H and O–H groups in total. The maximum atomic E-state index is 12.1. The maximum absolute atomic E-state index is 12.1. The van der Waals surface area contributed by atoms with Crippen molar-refractivity contribution in [2.24, 2.45) is 0 Å². The first-order valence-electron chi connectivity index (χ1n) is 16.5. The molecule has 0 atom stereocenters. The molecule has 0 bridgehead atoms. The average molecular weight is 714 g/mol. The number of hydrogen-bond acceptors (Lipinski definition) is 15. The van der Waals surface area contributed by atoms with Crippen molar-refractivity contribution in [1.29, 1.82) is 0 Å². The largest absolute Gasteiger partial charge is 0.378 e. The molecule has 0 amide bonds. The first kappa shape index (κ1) is 44.7. The maximum Gasteiger partial charge on any atom is 0.297 e. The van der Waals surface area contributed by atoms with Crippen LogP contribution in [0.5, 0.6) is 0 Å². The molecule has 0 aliphatic carbocycles. The van der Waals surface area contributed by atoms with E-state index in [1.54, 1.807) is 12.1 Å². The van der Waals surface area contributed by atoms with Crippen LogP contribution in [0.1, 0.15) is 5.56 Å². The minimum absolute atomic E-state index is 0.0595. The number of benzene rings is 1. The van der Waals surface area contributed by atoms with E-state index < -0.39 is 10.1 Å². The second kappa shape index (κ2) is 34.1. The van der Waals surface area contributed by atoms with Gasteiger partial charge in [-0.1, -0.05) is 17.7 Å². The summed E-state index contributed by atoms with van der Waals surface area (Å²) in [7, 11) is -1.88. The van der Waals surface area contributed by atoms with Crippen molar-refractivity contribution in [1.82, 2.24) is 5.32 Å². The Labute approximate surface area is 287 Å². The Morgan fingerprint density at radius 3 is 0.938 bits per heavy atom. The highest BCUT2D eigenvalue weighted by Crippen LogP contribution is 2.12. The minimum atomic E-state index is -3.77. The second-order valence-corrected chi connectivity index (χ2v) is 11.5. The predicted molar refractivity (Wildman–Crippen MR) is 177 cm³/mol. The van der Waals surface area contributed by atoms with Gasteiger partial charge in [0.15, 0.2) is 0 Å². The van der Waals surface area contributed by atoms with Crippen LogP contribution >= 0.6 is 0 Å². The Bertz CT molecular complexity index is 911. The van der Waals surface area contributed by atoms with Gasteiger partial charge in [0.05, 0.1) is 157 Å². The van der Waals surface area contributed by atoms with Crippen LogP contribution in [-0.2, 0) is 66.4 Å². The molecule has 0 aliphatic rings. The lowest BCUT2D eigenvalue weighted by Gasteiger charge is -2.09. The lowest BCUT2D eigenvalue weighted by Crippen LogP contribution is -2.17. The van der Waals surface area contributed by atoms with Crippen LogP contribution in [0.2, 0.25) is 0 Å². The van der Waals surface area contributed by atoms with Crippen LogP contribution in [0.15, 0.2) is 29.2 Å². The van der Waals surface area contributed by atoms with Gasteiger partial charge in [-0.25, -0.2) is 0 Å². The molecular formula is C32H59NO14S. The fourth-order valence-corrected chi connectivity index (χ4v) is 4.34. The Hall–Kier alpha value is -1.35. The summed E-state index contributed by atoms with van der Waals surface area (Å²) in [6.07, 6.45) is 0. The van der Waals surface area contributed by atoms with Crippen LogP contribution in [0.3, 0.4) is 0 Å². The van der Waals surface area contributed by atoms with Crippen molar-refractivity contribution in [3.05, 3.63) is 29.8 Å². The summed E-state index contributed by atoms with van der Waals surface area (Å²) in [5, 5.41) is 3.01. The molecule has 1 aromatic rings. The van der Waals surface area contributed by atoms with E-state index in [0.717, 1.165) is 12.1 Å². The first-order valence-corrected chi connectivity index (χ1v) is 17.9. The zero-order valence-corrected chi connectivity index (χ0v) is 29.7. The van der Waals surface area contributed by atoms with Crippen LogP contribution in [0, 0.1) is 6.92 Å². The zero-order valence-electron chi connectivity index (χ0n) is 28.9. The summed E-state index contributed by atoms with van der Waals surface area (Å²) in [5.41, 5.74) is 0.975. The first-order chi connectivity index (χ1) is 23.6. The van der Waals surface area contributed by atoms with E-state index >= 15 is 0 Å². The van der Waals surface area contributed by atoms with Gasteiger partial charge in [0.2, 0.25) is 0 Å². The fraction of sp³-hybridized carbons (Fsp3) is 0.812. The molecular weight excluding hydrogens is 654 g/mol. The van der Waals surface area contributed by atoms with E-state index in [4.69, 9.17) is 56.3 Å². The SMILES string of the molecule is CNCCOCCOCCOCCOCCOCCOCCOCCOCCOCCOCCOCCOS(=O)(=O)c1ccc(C)cc1. The van der Waals surface area contributed by atoms with Gasteiger partial charge in [0.1, 0.15) is 0 Å². The Morgan fingerprint density at radius 1 is 0.417 bits per heavy atom. The van der Waals surface area contributed by atoms with Crippen molar-refractivity contribution in [3.63, 3.8) is 0 Å². The molecule has 0 heterocycles. The normalized spacial score (nSPS) is 11.9. The third kappa shape index (κ3) is 29.6. The fourth-order valence-electron chi connectivity index (χ4n) is 3.45. The van der Waals surface area contributed by atoms with E-state index in [2.05, 4.69) is 5.32 Å². The van der Waals surface area contributed by atoms with Gasteiger partial charge in [-0.05, 0) is 26.1 Å². The van der Waals surface area contributed by atoms with E-state index in [1.165, 1.54) is 12.1 Å². The molecule has 1 rings (SSSR count). The lowest BCUT2D eigenvalue weighted by molar-refractivity contribution is -0.0276. The molecule has 0 unspecified atom stereocenters. The van der Waals surface area contributed by atoms with Gasteiger partial charge in [0, 0.05) is 6.54 Å². The van der Waals surface area contributed by atoms with Gasteiger partial charge >= 0.3 is 0 Å². The van der Waals surface area contributed by atoms with Crippen LogP contribution < -0.4 is 5.32 Å². The van der Waals surface area contributed by atoms with Crippen molar-refractivity contribution in [3.8, 4) is 0 Å². The molecule has 0 saturated heterocycles. The van der Waals surface area contributed by atoms with Crippen molar-refractivity contribution >= 4 is 10.1 Å².